The van der Waals surface area contributed by atoms with Crippen LogP contribution in [0.5, 0.6) is 5.75 Å². The molecule has 0 aliphatic carbocycles. The number of hydrogen-bond acceptors (Lipinski definition) is 3. The van der Waals surface area contributed by atoms with Gasteiger partial charge in [0.2, 0.25) is 0 Å². The van der Waals surface area contributed by atoms with Gasteiger partial charge in [0, 0.05) is 24.0 Å². The Morgan fingerprint density at radius 1 is 1.23 bits per heavy atom. The van der Waals surface area contributed by atoms with Crippen LogP contribution in [0.25, 0.3) is 0 Å². The van der Waals surface area contributed by atoms with Crippen LogP contribution in [-0.2, 0) is 4.79 Å². The Hall–Kier alpha value is -1.75. The van der Waals surface area contributed by atoms with Crippen LogP contribution in [0.4, 0.5) is 0 Å². The first-order valence-electron chi connectivity index (χ1n) is 8.50. The van der Waals surface area contributed by atoms with Crippen LogP contribution >= 0.6 is 24.0 Å². The second kappa shape index (κ2) is 9.26. The van der Waals surface area contributed by atoms with Gasteiger partial charge in [-0.15, -0.1) is 12.4 Å². The number of hydrogen-bond donors (Lipinski definition) is 1. The zero-order chi connectivity index (χ0) is 17.8. The van der Waals surface area contributed by atoms with Crippen molar-refractivity contribution in [3.05, 3.63) is 64.7 Å². The first-order valence-corrected chi connectivity index (χ1v) is 8.88. The number of ether oxygens (including phenoxy) is 1. The maximum absolute atomic E-state index is 12.5. The van der Waals surface area contributed by atoms with Gasteiger partial charge in [0.15, 0.2) is 6.61 Å². The summed E-state index contributed by atoms with van der Waals surface area (Å²) in [5.74, 6) is 1.21. The second-order valence-electron chi connectivity index (χ2n) is 6.51. The molecule has 1 aliphatic heterocycles. The summed E-state index contributed by atoms with van der Waals surface area (Å²) in [4.78, 5) is 14.4. The molecule has 6 heteroatoms. The lowest BCUT2D eigenvalue weighted by Gasteiger charge is -2.17. The Labute approximate surface area is 165 Å². The largest absolute Gasteiger partial charge is 0.484 e. The van der Waals surface area contributed by atoms with E-state index in [1.165, 1.54) is 5.56 Å². The number of carbonyl (C=O) groups is 1. The second-order valence-corrected chi connectivity index (χ2v) is 6.92. The molecular formula is C20H24Cl2N2O2. The fraction of sp³-hybridized carbons (Fsp3) is 0.350. The van der Waals surface area contributed by atoms with Crippen molar-refractivity contribution in [2.75, 3.05) is 26.2 Å². The van der Waals surface area contributed by atoms with Crippen LogP contribution < -0.4 is 10.5 Å². The number of carbonyl (C=O) groups excluding carboxylic acids is 1. The van der Waals surface area contributed by atoms with Gasteiger partial charge in [-0.3, -0.25) is 4.79 Å². The van der Waals surface area contributed by atoms with Gasteiger partial charge < -0.3 is 15.4 Å². The highest BCUT2D eigenvalue weighted by Crippen LogP contribution is 2.32. The monoisotopic (exact) mass is 394 g/mol. The molecule has 1 amide bonds. The molecule has 3 rings (SSSR count). The Balaban J connectivity index is 0.00000243. The van der Waals surface area contributed by atoms with E-state index in [2.05, 4.69) is 12.1 Å². The molecule has 2 aromatic carbocycles. The Morgan fingerprint density at radius 2 is 1.96 bits per heavy atom. The van der Waals surface area contributed by atoms with Crippen LogP contribution in [0.2, 0.25) is 5.02 Å². The Morgan fingerprint density at radius 3 is 2.62 bits per heavy atom. The number of nitrogens with two attached hydrogens (primary N) is 1. The maximum atomic E-state index is 12.5. The summed E-state index contributed by atoms with van der Waals surface area (Å²) in [5, 5.41) is 0.690. The lowest BCUT2D eigenvalue weighted by molar-refractivity contribution is -0.132. The fourth-order valence-corrected chi connectivity index (χ4v) is 3.45. The molecule has 0 radical (unpaired) electrons. The molecule has 4 nitrogen and oxygen atoms in total. The number of nitrogens with zero attached hydrogens (tertiary/aromatic N) is 1. The summed E-state index contributed by atoms with van der Waals surface area (Å²) in [7, 11) is 0. The highest BCUT2D eigenvalue weighted by Gasteiger charge is 2.35. The SMILES string of the molecule is Cc1cc(OCC(=O)N2C[C@@H](CN)[C@H](c3ccccc3)C2)ccc1Cl.Cl. The molecule has 1 aliphatic rings. The molecule has 0 spiro atoms. The first kappa shape index (κ1) is 20.6. The third-order valence-electron chi connectivity index (χ3n) is 4.82. The molecule has 1 fully saturated rings. The van der Waals surface area contributed by atoms with Gasteiger partial charge in [-0.2, -0.15) is 0 Å². The molecular weight excluding hydrogens is 371 g/mol. The van der Waals surface area contributed by atoms with Gasteiger partial charge in [0.25, 0.3) is 5.91 Å². The molecule has 0 unspecified atom stereocenters. The van der Waals surface area contributed by atoms with Crippen molar-refractivity contribution < 1.29 is 9.53 Å². The van der Waals surface area contributed by atoms with Crippen LogP contribution in [0.1, 0.15) is 17.0 Å². The zero-order valence-corrected chi connectivity index (χ0v) is 16.3. The molecule has 0 aromatic heterocycles. The number of halogens is 2. The average molecular weight is 395 g/mol. The third-order valence-corrected chi connectivity index (χ3v) is 5.24. The van der Waals surface area contributed by atoms with Crippen molar-refractivity contribution in [1.82, 2.24) is 4.90 Å². The Bertz CT molecular complexity index is 740. The van der Waals surface area contributed by atoms with E-state index in [0.717, 1.165) is 5.56 Å². The van der Waals surface area contributed by atoms with E-state index in [4.69, 9.17) is 22.1 Å². The minimum absolute atomic E-state index is 0. The molecule has 140 valence electrons. The van der Waals surface area contributed by atoms with Gasteiger partial charge in [-0.1, -0.05) is 41.9 Å². The fourth-order valence-electron chi connectivity index (χ4n) is 3.33. The summed E-state index contributed by atoms with van der Waals surface area (Å²) in [6, 6.07) is 15.7. The Kier molecular flexibility index (Phi) is 7.33. The standard InChI is InChI=1S/C20H23ClN2O2.ClH/c1-14-9-17(7-8-19(14)21)25-13-20(24)23-11-16(10-22)18(12-23)15-5-3-2-4-6-15;/h2-9,16,18H,10-13,22H2,1H3;1H/t16-,18+;/m1./s1. The quantitative estimate of drug-likeness (QED) is 0.841. The highest BCUT2D eigenvalue weighted by molar-refractivity contribution is 6.31. The molecule has 26 heavy (non-hydrogen) atoms. The number of rotatable bonds is 5. The number of likely N-dealkylation sites (tertiary alicyclic amines) is 1. The van der Waals surface area contributed by atoms with Crippen molar-refractivity contribution >= 4 is 29.9 Å². The van der Waals surface area contributed by atoms with E-state index in [9.17, 15) is 4.79 Å². The minimum Gasteiger partial charge on any atom is -0.484 e. The summed E-state index contributed by atoms with van der Waals surface area (Å²) < 4.78 is 5.64. The first-order chi connectivity index (χ1) is 12.1. The van der Waals surface area contributed by atoms with Crippen molar-refractivity contribution in [1.29, 1.82) is 0 Å². The highest BCUT2D eigenvalue weighted by atomic mass is 35.5. The summed E-state index contributed by atoms with van der Waals surface area (Å²) in [5.41, 5.74) is 8.11. The van der Waals surface area contributed by atoms with Crippen LogP contribution in [0.15, 0.2) is 48.5 Å². The lowest BCUT2D eigenvalue weighted by atomic mass is 9.89. The van der Waals surface area contributed by atoms with Crippen molar-refractivity contribution in [2.24, 2.45) is 11.7 Å². The predicted molar refractivity (Wildman–Crippen MR) is 107 cm³/mol. The normalized spacial score (nSPS) is 19.1. The topological polar surface area (TPSA) is 55.6 Å². The van der Waals surface area contributed by atoms with Gasteiger partial charge in [-0.05, 0) is 48.7 Å². The average Bonchev–Trinajstić information content (AvgIpc) is 3.08. The van der Waals surface area contributed by atoms with Gasteiger partial charge in [0.05, 0.1) is 0 Å². The smallest absolute Gasteiger partial charge is 0.260 e. The van der Waals surface area contributed by atoms with Crippen LogP contribution in [0, 0.1) is 12.8 Å². The van der Waals surface area contributed by atoms with E-state index in [0.29, 0.717) is 30.4 Å². The predicted octanol–water partition coefficient (Wildman–Crippen LogP) is 3.65. The summed E-state index contributed by atoms with van der Waals surface area (Å²) in [6.07, 6.45) is 0. The van der Waals surface area contributed by atoms with Crippen molar-refractivity contribution in [3.63, 3.8) is 0 Å². The third kappa shape index (κ3) is 4.70. The van der Waals surface area contributed by atoms with Gasteiger partial charge in [0.1, 0.15) is 5.75 Å². The van der Waals surface area contributed by atoms with Crippen LogP contribution in [-0.4, -0.2) is 37.0 Å². The van der Waals surface area contributed by atoms with E-state index in [1.54, 1.807) is 12.1 Å². The number of benzene rings is 2. The van der Waals surface area contributed by atoms with E-state index >= 15 is 0 Å². The molecule has 0 bridgehead atoms. The molecule has 2 aromatic rings. The molecule has 1 heterocycles. The van der Waals surface area contributed by atoms with E-state index in [-0.39, 0.29) is 36.8 Å². The van der Waals surface area contributed by atoms with Gasteiger partial charge >= 0.3 is 0 Å². The maximum Gasteiger partial charge on any atom is 0.260 e. The molecule has 2 N–H and O–H groups in total. The van der Waals surface area contributed by atoms with E-state index < -0.39 is 0 Å². The molecule has 2 atom stereocenters. The van der Waals surface area contributed by atoms with Crippen molar-refractivity contribution in [3.8, 4) is 5.75 Å². The zero-order valence-electron chi connectivity index (χ0n) is 14.7. The van der Waals surface area contributed by atoms with Crippen molar-refractivity contribution in [2.45, 2.75) is 12.8 Å². The number of aryl methyl sites for hydroxylation is 1. The van der Waals surface area contributed by atoms with Crippen LogP contribution in [0.3, 0.4) is 0 Å². The van der Waals surface area contributed by atoms with E-state index in [1.807, 2.05) is 36.1 Å². The molecule has 0 saturated carbocycles. The minimum atomic E-state index is -0.00974. The number of amides is 1. The lowest BCUT2D eigenvalue weighted by Crippen LogP contribution is -2.33. The van der Waals surface area contributed by atoms with Gasteiger partial charge in [-0.25, -0.2) is 0 Å². The molecule has 1 saturated heterocycles. The summed E-state index contributed by atoms with van der Waals surface area (Å²) >= 11 is 6.01. The summed E-state index contributed by atoms with van der Waals surface area (Å²) in [6.45, 7) is 3.87.